The summed E-state index contributed by atoms with van der Waals surface area (Å²) >= 11 is 1.68. The average molecular weight is 293 g/mol. The molecule has 108 valence electrons. The molecule has 1 aromatic rings. The van der Waals surface area contributed by atoms with E-state index >= 15 is 0 Å². The largest absolute Gasteiger partial charge is 0.481 e. The summed E-state index contributed by atoms with van der Waals surface area (Å²) in [5, 5.41) is 8.92. The Bertz CT molecular complexity index is 455. The molecular weight excluding hydrogens is 274 g/mol. The van der Waals surface area contributed by atoms with Gasteiger partial charge in [-0.1, -0.05) is 18.2 Å². The minimum Gasteiger partial charge on any atom is -0.481 e. The summed E-state index contributed by atoms with van der Waals surface area (Å²) < 4.78 is 0. The summed E-state index contributed by atoms with van der Waals surface area (Å²) in [6, 6.07) is 10.0. The molecule has 0 radical (unpaired) electrons. The van der Waals surface area contributed by atoms with Gasteiger partial charge in [0, 0.05) is 30.2 Å². The molecule has 0 bridgehead atoms. The number of carboxylic acid groups (broad SMARTS) is 1. The van der Waals surface area contributed by atoms with Crippen molar-refractivity contribution in [2.45, 2.75) is 24.2 Å². The second-order valence-corrected chi connectivity index (χ2v) is 6.07. The average Bonchev–Trinajstić information content (AvgIpc) is 2.48. The van der Waals surface area contributed by atoms with Gasteiger partial charge in [0.2, 0.25) is 5.91 Å². The van der Waals surface area contributed by atoms with E-state index < -0.39 is 5.97 Å². The van der Waals surface area contributed by atoms with Gasteiger partial charge < -0.3 is 10.0 Å². The van der Waals surface area contributed by atoms with Crippen molar-refractivity contribution in [2.75, 3.05) is 18.8 Å². The fraction of sp³-hybridized carbons (Fsp3) is 0.467. The van der Waals surface area contributed by atoms with Gasteiger partial charge in [-0.25, -0.2) is 0 Å². The van der Waals surface area contributed by atoms with Crippen LogP contribution in [0.1, 0.15) is 19.3 Å². The first-order chi connectivity index (χ1) is 9.66. The highest BCUT2D eigenvalue weighted by Crippen LogP contribution is 2.20. The minimum atomic E-state index is -0.739. The lowest BCUT2D eigenvalue weighted by atomic mass is 9.97. The SMILES string of the molecule is O=C(O)C1CCN(C(=O)CCSc2ccccc2)CC1. The number of likely N-dealkylation sites (tertiary alicyclic amines) is 1. The highest BCUT2D eigenvalue weighted by molar-refractivity contribution is 7.99. The van der Waals surface area contributed by atoms with E-state index in [0.717, 1.165) is 5.75 Å². The molecule has 5 heteroatoms. The number of hydrogen-bond donors (Lipinski definition) is 1. The molecule has 1 aromatic carbocycles. The molecule has 0 spiro atoms. The van der Waals surface area contributed by atoms with Crippen LogP contribution in [0, 0.1) is 5.92 Å². The Hall–Kier alpha value is -1.49. The Labute approximate surface area is 123 Å². The van der Waals surface area contributed by atoms with Crippen LogP contribution in [0.2, 0.25) is 0 Å². The molecule has 0 atom stereocenters. The molecule has 0 aromatic heterocycles. The van der Waals surface area contributed by atoms with E-state index in [1.807, 2.05) is 30.3 Å². The molecule has 4 nitrogen and oxygen atoms in total. The summed E-state index contributed by atoms with van der Waals surface area (Å²) in [5.74, 6) is -0.117. The van der Waals surface area contributed by atoms with E-state index in [0.29, 0.717) is 32.4 Å². The monoisotopic (exact) mass is 293 g/mol. The molecule has 1 N–H and O–H groups in total. The number of carbonyl (C=O) groups is 2. The lowest BCUT2D eigenvalue weighted by Crippen LogP contribution is -2.40. The molecule has 1 fully saturated rings. The minimum absolute atomic E-state index is 0.136. The van der Waals surface area contributed by atoms with Crippen LogP contribution < -0.4 is 0 Å². The third-order valence-corrected chi connectivity index (χ3v) is 4.54. The van der Waals surface area contributed by atoms with Crippen molar-refractivity contribution in [3.05, 3.63) is 30.3 Å². The topological polar surface area (TPSA) is 57.6 Å². The lowest BCUT2D eigenvalue weighted by Gasteiger charge is -2.30. The third-order valence-electron chi connectivity index (χ3n) is 3.52. The Morgan fingerprint density at radius 2 is 1.85 bits per heavy atom. The number of thioether (sulfide) groups is 1. The van der Waals surface area contributed by atoms with Crippen molar-refractivity contribution in [1.29, 1.82) is 0 Å². The number of piperidine rings is 1. The van der Waals surface area contributed by atoms with Crippen LogP contribution in [0.3, 0.4) is 0 Å². The first kappa shape index (κ1) is 14.9. The second-order valence-electron chi connectivity index (χ2n) is 4.90. The quantitative estimate of drug-likeness (QED) is 0.847. The van der Waals surface area contributed by atoms with Gasteiger partial charge in [0.05, 0.1) is 5.92 Å². The number of benzene rings is 1. The summed E-state index contributed by atoms with van der Waals surface area (Å²) in [7, 11) is 0. The van der Waals surface area contributed by atoms with Crippen LogP contribution in [0.5, 0.6) is 0 Å². The number of carboxylic acids is 1. The highest BCUT2D eigenvalue weighted by atomic mass is 32.2. The molecule has 1 heterocycles. The van der Waals surface area contributed by atoms with Gasteiger partial charge in [-0.2, -0.15) is 0 Å². The summed E-state index contributed by atoms with van der Waals surface area (Å²) in [5.41, 5.74) is 0. The first-order valence-electron chi connectivity index (χ1n) is 6.85. The zero-order valence-electron chi connectivity index (χ0n) is 11.3. The predicted molar refractivity (Wildman–Crippen MR) is 78.7 cm³/mol. The molecular formula is C15H19NO3S. The fourth-order valence-corrected chi connectivity index (χ4v) is 3.17. The number of rotatable bonds is 5. The summed E-state index contributed by atoms with van der Waals surface area (Å²) in [4.78, 5) is 25.9. The van der Waals surface area contributed by atoms with Crippen molar-refractivity contribution < 1.29 is 14.7 Å². The van der Waals surface area contributed by atoms with Crippen molar-refractivity contribution in [3.8, 4) is 0 Å². The number of aliphatic carboxylic acids is 1. The fourth-order valence-electron chi connectivity index (χ4n) is 2.31. The van der Waals surface area contributed by atoms with Crippen LogP contribution in [0.25, 0.3) is 0 Å². The Balaban J connectivity index is 1.69. The Morgan fingerprint density at radius 1 is 1.20 bits per heavy atom. The maximum absolute atomic E-state index is 12.0. The molecule has 1 saturated heterocycles. The highest BCUT2D eigenvalue weighted by Gasteiger charge is 2.26. The zero-order valence-corrected chi connectivity index (χ0v) is 12.1. The van der Waals surface area contributed by atoms with Crippen molar-refractivity contribution >= 4 is 23.6 Å². The van der Waals surface area contributed by atoms with Crippen LogP contribution >= 0.6 is 11.8 Å². The van der Waals surface area contributed by atoms with Crippen LogP contribution in [-0.2, 0) is 9.59 Å². The number of carbonyl (C=O) groups excluding carboxylic acids is 1. The molecule has 1 amide bonds. The van der Waals surface area contributed by atoms with E-state index in [-0.39, 0.29) is 11.8 Å². The summed E-state index contributed by atoms with van der Waals surface area (Å²) in [6.07, 6.45) is 1.66. The van der Waals surface area contributed by atoms with Crippen molar-refractivity contribution in [2.24, 2.45) is 5.92 Å². The van der Waals surface area contributed by atoms with Gasteiger partial charge in [0.25, 0.3) is 0 Å². The maximum atomic E-state index is 12.0. The molecule has 20 heavy (non-hydrogen) atoms. The summed E-state index contributed by atoms with van der Waals surface area (Å²) in [6.45, 7) is 1.15. The number of nitrogens with zero attached hydrogens (tertiary/aromatic N) is 1. The Morgan fingerprint density at radius 3 is 2.45 bits per heavy atom. The number of amides is 1. The van der Waals surface area contributed by atoms with Crippen LogP contribution in [-0.4, -0.2) is 40.7 Å². The van der Waals surface area contributed by atoms with Crippen LogP contribution in [0.4, 0.5) is 0 Å². The molecule has 1 aliphatic heterocycles. The third kappa shape index (κ3) is 4.27. The van der Waals surface area contributed by atoms with E-state index in [2.05, 4.69) is 0 Å². The van der Waals surface area contributed by atoms with Gasteiger partial charge in [-0.15, -0.1) is 11.8 Å². The molecule has 0 aliphatic carbocycles. The van der Waals surface area contributed by atoms with Gasteiger partial charge >= 0.3 is 5.97 Å². The van der Waals surface area contributed by atoms with Gasteiger partial charge in [0.1, 0.15) is 0 Å². The predicted octanol–water partition coefficient (Wildman–Crippen LogP) is 2.49. The normalized spacial score (nSPS) is 16.1. The molecule has 2 rings (SSSR count). The van der Waals surface area contributed by atoms with E-state index in [9.17, 15) is 9.59 Å². The molecule has 0 saturated carbocycles. The first-order valence-corrected chi connectivity index (χ1v) is 7.84. The van der Waals surface area contributed by atoms with E-state index in [4.69, 9.17) is 5.11 Å². The van der Waals surface area contributed by atoms with Gasteiger partial charge in [-0.3, -0.25) is 9.59 Å². The smallest absolute Gasteiger partial charge is 0.306 e. The molecule has 0 unspecified atom stereocenters. The van der Waals surface area contributed by atoms with E-state index in [1.54, 1.807) is 16.7 Å². The standard InChI is InChI=1S/C15H19NO3S/c17-14(8-11-20-13-4-2-1-3-5-13)16-9-6-12(7-10-16)15(18)19/h1-5,12H,6-11H2,(H,18,19). The van der Waals surface area contributed by atoms with Gasteiger partial charge in [0.15, 0.2) is 0 Å². The Kier molecular flexibility index (Phi) is 5.47. The van der Waals surface area contributed by atoms with Crippen LogP contribution in [0.15, 0.2) is 35.2 Å². The number of hydrogen-bond acceptors (Lipinski definition) is 3. The zero-order chi connectivity index (χ0) is 14.4. The second kappa shape index (κ2) is 7.33. The maximum Gasteiger partial charge on any atom is 0.306 e. The van der Waals surface area contributed by atoms with Crippen molar-refractivity contribution in [3.63, 3.8) is 0 Å². The molecule has 1 aliphatic rings. The van der Waals surface area contributed by atoms with Crippen molar-refractivity contribution in [1.82, 2.24) is 4.90 Å². The van der Waals surface area contributed by atoms with E-state index in [1.165, 1.54) is 4.90 Å². The van der Waals surface area contributed by atoms with Gasteiger partial charge in [-0.05, 0) is 25.0 Å². The lowest BCUT2D eigenvalue weighted by molar-refractivity contribution is -0.145.